The molecule has 0 bridgehead atoms. The smallest absolute Gasteiger partial charge is 0.280 e. The highest BCUT2D eigenvalue weighted by Gasteiger charge is 2.23. The van der Waals surface area contributed by atoms with Crippen molar-refractivity contribution in [3.63, 3.8) is 0 Å². The first-order valence-corrected chi connectivity index (χ1v) is 7.21. The summed E-state index contributed by atoms with van der Waals surface area (Å²) in [7, 11) is -2.03. The average Bonchev–Trinajstić information content (AvgIpc) is 2.38. The van der Waals surface area contributed by atoms with Gasteiger partial charge in [-0.25, -0.2) is 0 Å². The van der Waals surface area contributed by atoms with Gasteiger partial charge in [0.15, 0.2) is 0 Å². The Morgan fingerprint density at radius 3 is 2.67 bits per heavy atom. The molecule has 1 rings (SSSR count). The molecule has 1 heterocycles. The molecule has 8 nitrogen and oxygen atoms in total. The number of piperazine rings is 1. The lowest BCUT2D eigenvalue weighted by atomic mass is 10.4. The van der Waals surface area contributed by atoms with E-state index in [9.17, 15) is 13.2 Å². The van der Waals surface area contributed by atoms with E-state index in [2.05, 4.69) is 15.4 Å². The number of rotatable bonds is 7. The second-order valence-electron chi connectivity index (χ2n) is 3.82. The molecule has 1 amide bonds. The zero-order valence-corrected chi connectivity index (χ0v) is 11.3. The first-order valence-electron chi connectivity index (χ1n) is 5.77. The van der Waals surface area contributed by atoms with Gasteiger partial charge in [-0.05, 0) is 0 Å². The Morgan fingerprint density at radius 1 is 1.39 bits per heavy atom. The summed E-state index contributed by atoms with van der Waals surface area (Å²) in [4.78, 5) is 11.3. The van der Waals surface area contributed by atoms with E-state index < -0.39 is 10.2 Å². The molecule has 0 saturated carbocycles. The average molecular weight is 280 g/mol. The Labute approximate surface area is 107 Å². The largest absolute Gasteiger partial charge is 0.383 e. The molecule has 18 heavy (non-hydrogen) atoms. The van der Waals surface area contributed by atoms with Crippen molar-refractivity contribution in [1.29, 1.82) is 0 Å². The molecule has 3 N–H and O–H groups in total. The SMILES string of the molecule is COCCNC(=O)CNS(=O)(=O)N1CCNCC1. The minimum atomic E-state index is -3.56. The Balaban J connectivity index is 2.30. The molecule has 1 aliphatic rings. The predicted octanol–water partition coefficient (Wildman–Crippen LogP) is -2.51. The van der Waals surface area contributed by atoms with E-state index in [0.717, 1.165) is 0 Å². The van der Waals surface area contributed by atoms with Crippen molar-refractivity contribution < 1.29 is 17.9 Å². The molecule has 0 aliphatic carbocycles. The first kappa shape index (κ1) is 15.3. The van der Waals surface area contributed by atoms with E-state index in [0.29, 0.717) is 39.3 Å². The fraction of sp³-hybridized carbons (Fsp3) is 0.889. The lowest BCUT2D eigenvalue weighted by Gasteiger charge is -2.26. The van der Waals surface area contributed by atoms with Gasteiger partial charge in [0, 0.05) is 39.8 Å². The number of carbonyl (C=O) groups excluding carboxylic acids is 1. The highest BCUT2D eigenvalue weighted by atomic mass is 32.2. The number of ether oxygens (including phenoxy) is 1. The monoisotopic (exact) mass is 280 g/mol. The zero-order chi connectivity index (χ0) is 13.4. The van der Waals surface area contributed by atoms with Crippen molar-refractivity contribution >= 4 is 16.1 Å². The molecule has 0 atom stereocenters. The van der Waals surface area contributed by atoms with Gasteiger partial charge < -0.3 is 15.4 Å². The number of carbonyl (C=O) groups is 1. The van der Waals surface area contributed by atoms with Crippen LogP contribution in [0.5, 0.6) is 0 Å². The van der Waals surface area contributed by atoms with Crippen molar-refractivity contribution in [2.24, 2.45) is 0 Å². The lowest BCUT2D eigenvalue weighted by Crippen LogP contribution is -2.52. The Bertz CT molecular complexity index is 354. The van der Waals surface area contributed by atoms with Crippen LogP contribution in [-0.4, -0.2) is 71.6 Å². The molecule has 1 saturated heterocycles. The maximum atomic E-state index is 11.8. The topological polar surface area (TPSA) is 99.8 Å². The second kappa shape index (κ2) is 7.64. The van der Waals surface area contributed by atoms with Crippen LogP contribution in [0.3, 0.4) is 0 Å². The van der Waals surface area contributed by atoms with E-state index in [1.165, 1.54) is 11.4 Å². The molecule has 0 aromatic carbocycles. The van der Waals surface area contributed by atoms with Crippen molar-refractivity contribution in [1.82, 2.24) is 19.7 Å². The normalized spacial score (nSPS) is 17.6. The summed E-state index contributed by atoms with van der Waals surface area (Å²) in [6, 6.07) is 0. The number of hydrogen-bond donors (Lipinski definition) is 3. The van der Waals surface area contributed by atoms with E-state index in [4.69, 9.17) is 4.74 Å². The van der Waals surface area contributed by atoms with Crippen molar-refractivity contribution in [2.75, 3.05) is 53.0 Å². The third-order valence-electron chi connectivity index (χ3n) is 2.46. The highest BCUT2D eigenvalue weighted by Crippen LogP contribution is 1.98. The zero-order valence-electron chi connectivity index (χ0n) is 10.4. The number of methoxy groups -OCH3 is 1. The van der Waals surface area contributed by atoms with Gasteiger partial charge in [-0.15, -0.1) is 0 Å². The molecular formula is C9H20N4O4S. The van der Waals surface area contributed by atoms with Gasteiger partial charge in [0.1, 0.15) is 0 Å². The third-order valence-corrected chi connectivity index (χ3v) is 4.01. The van der Waals surface area contributed by atoms with Crippen LogP contribution in [0.2, 0.25) is 0 Å². The Morgan fingerprint density at radius 2 is 2.06 bits per heavy atom. The fourth-order valence-electron chi connectivity index (χ4n) is 1.49. The summed E-state index contributed by atoms with van der Waals surface area (Å²) in [6.07, 6.45) is 0. The van der Waals surface area contributed by atoms with Crippen molar-refractivity contribution in [3.05, 3.63) is 0 Å². The predicted molar refractivity (Wildman–Crippen MR) is 66.3 cm³/mol. The molecule has 1 fully saturated rings. The number of nitrogens with zero attached hydrogens (tertiary/aromatic N) is 1. The van der Waals surface area contributed by atoms with Crippen LogP contribution in [-0.2, 0) is 19.7 Å². The van der Waals surface area contributed by atoms with Crippen LogP contribution in [0.4, 0.5) is 0 Å². The van der Waals surface area contributed by atoms with Crippen LogP contribution in [0.15, 0.2) is 0 Å². The first-order chi connectivity index (χ1) is 8.56. The summed E-state index contributed by atoms with van der Waals surface area (Å²) in [5, 5.41) is 5.60. The van der Waals surface area contributed by atoms with Gasteiger partial charge in [-0.1, -0.05) is 0 Å². The molecule has 106 valence electrons. The van der Waals surface area contributed by atoms with Crippen LogP contribution < -0.4 is 15.4 Å². The van der Waals surface area contributed by atoms with E-state index in [-0.39, 0.29) is 12.5 Å². The summed E-state index contributed by atoms with van der Waals surface area (Å²) in [6.45, 7) is 2.60. The standard InChI is InChI=1S/C9H20N4O4S/c1-17-7-4-11-9(14)8-12-18(15,16)13-5-2-10-3-6-13/h10,12H,2-8H2,1H3,(H,11,14). The molecule has 0 aromatic heterocycles. The van der Waals surface area contributed by atoms with Gasteiger partial charge in [0.05, 0.1) is 13.2 Å². The van der Waals surface area contributed by atoms with Gasteiger partial charge >= 0.3 is 0 Å². The minimum absolute atomic E-state index is 0.254. The molecule has 0 aromatic rings. The van der Waals surface area contributed by atoms with Gasteiger partial charge in [-0.2, -0.15) is 17.4 Å². The molecule has 0 spiro atoms. The van der Waals surface area contributed by atoms with Crippen molar-refractivity contribution in [2.45, 2.75) is 0 Å². The highest BCUT2D eigenvalue weighted by molar-refractivity contribution is 7.87. The molecule has 1 aliphatic heterocycles. The molecule has 9 heteroatoms. The Hall–Kier alpha value is -0.740. The van der Waals surface area contributed by atoms with Gasteiger partial charge in [0.25, 0.3) is 10.2 Å². The molecular weight excluding hydrogens is 260 g/mol. The maximum Gasteiger partial charge on any atom is 0.280 e. The summed E-state index contributed by atoms with van der Waals surface area (Å²) >= 11 is 0. The molecule has 0 radical (unpaired) electrons. The second-order valence-corrected chi connectivity index (χ2v) is 5.57. The number of nitrogens with one attached hydrogen (secondary N) is 3. The maximum absolute atomic E-state index is 11.8. The minimum Gasteiger partial charge on any atom is -0.383 e. The fourth-order valence-corrected chi connectivity index (χ4v) is 2.65. The quantitative estimate of drug-likeness (QED) is 0.447. The van der Waals surface area contributed by atoms with Gasteiger partial charge in [-0.3, -0.25) is 4.79 Å². The summed E-state index contributed by atoms with van der Waals surface area (Å²) < 4.78 is 32.0. The third kappa shape index (κ3) is 5.27. The van der Waals surface area contributed by atoms with Crippen LogP contribution in [0.1, 0.15) is 0 Å². The van der Waals surface area contributed by atoms with Crippen molar-refractivity contribution in [3.8, 4) is 0 Å². The number of amides is 1. The van der Waals surface area contributed by atoms with Crippen LogP contribution >= 0.6 is 0 Å². The summed E-state index contributed by atoms with van der Waals surface area (Å²) in [5.41, 5.74) is 0. The van der Waals surface area contributed by atoms with E-state index in [1.807, 2.05) is 0 Å². The lowest BCUT2D eigenvalue weighted by molar-refractivity contribution is -0.120. The number of hydrogen-bond acceptors (Lipinski definition) is 5. The van der Waals surface area contributed by atoms with Crippen LogP contribution in [0, 0.1) is 0 Å². The molecule has 0 unspecified atom stereocenters. The summed E-state index contributed by atoms with van der Waals surface area (Å²) in [5.74, 6) is -0.370. The van der Waals surface area contributed by atoms with E-state index in [1.54, 1.807) is 0 Å². The van der Waals surface area contributed by atoms with Gasteiger partial charge in [0.2, 0.25) is 5.91 Å². The Kier molecular flexibility index (Phi) is 6.50. The van der Waals surface area contributed by atoms with Crippen LogP contribution in [0.25, 0.3) is 0 Å². The van der Waals surface area contributed by atoms with E-state index >= 15 is 0 Å².